The molecule has 1 heterocycles. The number of carbonyl (C=O) groups is 1. The van der Waals surface area contributed by atoms with Gasteiger partial charge in [-0.15, -0.1) is 6.58 Å². The smallest absolute Gasteiger partial charge is 0.262 e. The Bertz CT molecular complexity index is 841. The number of aryl methyl sites for hydroxylation is 1. The molecule has 1 amide bonds. The molecule has 0 aliphatic rings. The molecule has 0 aliphatic carbocycles. The number of hydrogen-bond donors (Lipinski definition) is 1. The number of nitriles is 1. The van der Waals surface area contributed by atoms with Gasteiger partial charge in [0.2, 0.25) is 0 Å². The predicted molar refractivity (Wildman–Crippen MR) is 89.8 cm³/mol. The molecular weight excluding hydrogens is 307 g/mol. The fraction of sp³-hybridized carbons (Fsp3) is 0.167. The third-order valence-corrected chi connectivity index (χ3v) is 3.48. The lowest BCUT2D eigenvalue weighted by Crippen LogP contribution is -2.24. The SMILES string of the molecule is C=CCNC(=O)/C(C#N)=C/c1c(C)nn(-c2ccc(F)cc2)c1C. The second-order valence-electron chi connectivity index (χ2n) is 5.14. The zero-order chi connectivity index (χ0) is 17.7. The van der Waals surface area contributed by atoms with Gasteiger partial charge >= 0.3 is 0 Å². The van der Waals surface area contributed by atoms with E-state index in [1.54, 1.807) is 23.7 Å². The molecule has 0 radical (unpaired) electrons. The zero-order valence-corrected chi connectivity index (χ0v) is 13.5. The van der Waals surface area contributed by atoms with Crippen molar-refractivity contribution >= 4 is 12.0 Å². The van der Waals surface area contributed by atoms with Crippen molar-refractivity contribution in [3.63, 3.8) is 0 Å². The molecule has 122 valence electrons. The number of benzene rings is 1. The Morgan fingerprint density at radius 2 is 2.08 bits per heavy atom. The molecule has 0 unspecified atom stereocenters. The Labute approximate surface area is 139 Å². The summed E-state index contributed by atoms with van der Waals surface area (Å²) in [6.07, 6.45) is 3.05. The maximum Gasteiger partial charge on any atom is 0.262 e. The molecule has 0 fully saturated rings. The van der Waals surface area contributed by atoms with Gasteiger partial charge in [0.1, 0.15) is 17.5 Å². The molecule has 1 aromatic heterocycles. The van der Waals surface area contributed by atoms with E-state index in [-0.39, 0.29) is 17.9 Å². The molecule has 1 aromatic carbocycles. The van der Waals surface area contributed by atoms with Crippen LogP contribution >= 0.6 is 0 Å². The highest BCUT2D eigenvalue weighted by molar-refractivity contribution is 6.02. The van der Waals surface area contributed by atoms with E-state index < -0.39 is 5.91 Å². The second kappa shape index (κ2) is 7.38. The first kappa shape index (κ1) is 17.2. The lowest BCUT2D eigenvalue weighted by Gasteiger charge is -2.04. The molecular formula is C18H17FN4O. The van der Waals surface area contributed by atoms with Gasteiger partial charge in [-0.2, -0.15) is 10.4 Å². The highest BCUT2D eigenvalue weighted by atomic mass is 19.1. The second-order valence-corrected chi connectivity index (χ2v) is 5.14. The maximum atomic E-state index is 13.1. The van der Waals surface area contributed by atoms with Crippen LogP contribution in [0.2, 0.25) is 0 Å². The summed E-state index contributed by atoms with van der Waals surface area (Å²) < 4.78 is 14.7. The third kappa shape index (κ3) is 3.58. The van der Waals surface area contributed by atoms with Crippen LogP contribution in [0.1, 0.15) is 17.0 Å². The van der Waals surface area contributed by atoms with Gasteiger partial charge in [-0.05, 0) is 44.2 Å². The summed E-state index contributed by atoms with van der Waals surface area (Å²) in [5.41, 5.74) is 2.79. The monoisotopic (exact) mass is 324 g/mol. The minimum Gasteiger partial charge on any atom is -0.348 e. The molecule has 1 N–H and O–H groups in total. The van der Waals surface area contributed by atoms with Gasteiger partial charge in [0.15, 0.2) is 0 Å². The summed E-state index contributed by atoms with van der Waals surface area (Å²) in [7, 11) is 0. The summed E-state index contributed by atoms with van der Waals surface area (Å²) in [4.78, 5) is 12.0. The van der Waals surface area contributed by atoms with Crippen LogP contribution in [-0.4, -0.2) is 22.2 Å². The van der Waals surface area contributed by atoms with Crippen LogP contribution < -0.4 is 5.32 Å². The Hall–Kier alpha value is -3.20. The van der Waals surface area contributed by atoms with Crippen molar-refractivity contribution in [3.05, 3.63) is 65.3 Å². The normalized spacial score (nSPS) is 11.0. The maximum absolute atomic E-state index is 13.1. The van der Waals surface area contributed by atoms with Crippen molar-refractivity contribution in [1.29, 1.82) is 5.26 Å². The predicted octanol–water partition coefficient (Wildman–Crippen LogP) is 2.84. The average molecular weight is 324 g/mol. The van der Waals surface area contributed by atoms with Crippen LogP contribution in [0.25, 0.3) is 11.8 Å². The van der Waals surface area contributed by atoms with Crippen molar-refractivity contribution in [3.8, 4) is 11.8 Å². The lowest BCUT2D eigenvalue weighted by atomic mass is 10.1. The van der Waals surface area contributed by atoms with Crippen LogP contribution in [0.15, 0.2) is 42.5 Å². The van der Waals surface area contributed by atoms with E-state index in [1.807, 2.05) is 13.0 Å². The standard InChI is InChI=1S/C18H17FN4O/c1-4-9-21-18(24)14(11-20)10-17-12(2)22-23(13(17)3)16-7-5-15(19)6-8-16/h4-8,10H,1,9H2,2-3H3,(H,21,24)/b14-10+. The molecule has 0 spiro atoms. The fourth-order valence-corrected chi connectivity index (χ4v) is 2.25. The van der Waals surface area contributed by atoms with E-state index >= 15 is 0 Å². The van der Waals surface area contributed by atoms with Crippen LogP contribution in [0.5, 0.6) is 0 Å². The van der Waals surface area contributed by atoms with Gasteiger partial charge < -0.3 is 5.32 Å². The molecule has 0 atom stereocenters. The van der Waals surface area contributed by atoms with Gasteiger partial charge in [-0.25, -0.2) is 9.07 Å². The molecule has 5 nitrogen and oxygen atoms in total. The van der Waals surface area contributed by atoms with Crippen molar-refractivity contribution in [2.24, 2.45) is 0 Å². The largest absolute Gasteiger partial charge is 0.348 e. The number of amides is 1. The third-order valence-electron chi connectivity index (χ3n) is 3.48. The Morgan fingerprint density at radius 1 is 1.42 bits per heavy atom. The zero-order valence-electron chi connectivity index (χ0n) is 13.5. The van der Waals surface area contributed by atoms with E-state index in [0.29, 0.717) is 16.9 Å². The minimum atomic E-state index is -0.467. The highest BCUT2D eigenvalue weighted by Crippen LogP contribution is 2.20. The number of rotatable bonds is 5. The fourth-order valence-electron chi connectivity index (χ4n) is 2.25. The van der Waals surface area contributed by atoms with Crippen molar-refractivity contribution in [2.45, 2.75) is 13.8 Å². The quantitative estimate of drug-likeness (QED) is 0.522. The lowest BCUT2D eigenvalue weighted by molar-refractivity contribution is -0.116. The number of nitrogens with one attached hydrogen (secondary N) is 1. The first-order valence-electron chi connectivity index (χ1n) is 7.31. The Kier molecular flexibility index (Phi) is 5.27. The summed E-state index contributed by atoms with van der Waals surface area (Å²) in [6.45, 7) is 7.41. The van der Waals surface area contributed by atoms with Crippen molar-refractivity contribution in [1.82, 2.24) is 15.1 Å². The van der Waals surface area contributed by atoms with Crippen LogP contribution in [0, 0.1) is 31.0 Å². The van der Waals surface area contributed by atoms with Crippen LogP contribution in [-0.2, 0) is 4.79 Å². The van der Waals surface area contributed by atoms with E-state index in [1.165, 1.54) is 24.3 Å². The van der Waals surface area contributed by atoms with Crippen molar-refractivity contribution < 1.29 is 9.18 Å². The van der Waals surface area contributed by atoms with Gasteiger partial charge in [0, 0.05) is 17.8 Å². The first-order chi connectivity index (χ1) is 11.5. The topological polar surface area (TPSA) is 70.7 Å². The number of aromatic nitrogens is 2. The molecule has 6 heteroatoms. The van der Waals surface area contributed by atoms with E-state index in [2.05, 4.69) is 17.0 Å². The van der Waals surface area contributed by atoms with Gasteiger partial charge in [0.05, 0.1) is 11.4 Å². The number of carbonyl (C=O) groups excluding carboxylic acids is 1. The molecule has 2 rings (SSSR count). The molecule has 2 aromatic rings. The summed E-state index contributed by atoms with van der Waals surface area (Å²) in [5.74, 6) is -0.795. The molecule has 0 saturated carbocycles. The van der Waals surface area contributed by atoms with Crippen molar-refractivity contribution in [2.75, 3.05) is 6.54 Å². The number of halogens is 1. The van der Waals surface area contributed by atoms with E-state index in [9.17, 15) is 14.4 Å². The van der Waals surface area contributed by atoms with Gasteiger partial charge in [-0.1, -0.05) is 6.08 Å². The minimum absolute atomic E-state index is 0.0123. The number of hydrogen-bond acceptors (Lipinski definition) is 3. The Morgan fingerprint density at radius 3 is 2.67 bits per heavy atom. The van der Waals surface area contributed by atoms with E-state index in [4.69, 9.17) is 0 Å². The molecule has 0 saturated heterocycles. The Balaban J connectivity index is 2.43. The average Bonchev–Trinajstić information content (AvgIpc) is 2.85. The number of nitrogens with zero attached hydrogens (tertiary/aromatic N) is 3. The molecule has 0 aliphatic heterocycles. The molecule has 24 heavy (non-hydrogen) atoms. The van der Waals surface area contributed by atoms with Gasteiger partial charge in [-0.3, -0.25) is 4.79 Å². The first-order valence-corrected chi connectivity index (χ1v) is 7.31. The molecule has 0 bridgehead atoms. The summed E-state index contributed by atoms with van der Waals surface area (Å²) in [5, 5.41) is 16.2. The summed E-state index contributed by atoms with van der Waals surface area (Å²) in [6, 6.07) is 7.83. The highest BCUT2D eigenvalue weighted by Gasteiger charge is 2.15. The van der Waals surface area contributed by atoms with E-state index in [0.717, 1.165) is 5.69 Å². The van der Waals surface area contributed by atoms with Gasteiger partial charge in [0.25, 0.3) is 5.91 Å². The van der Waals surface area contributed by atoms with Crippen LogP contribution in [0.3, 0.4) is 0 Å². The summed E-state index contributed by atoms with van der Waals surface area (Å²) >= 11 is 0. The van der Waals surface area contributed by atoms with Crippen LogP contribution in [0.4, 0.5) is 4.39 Å².